The Morgan fingerprint density at radius 2 is 1.50 bits per heavy atom. The summed E-state index contributed by atoms with van der Waals surface area (Å²) in [5.41, 5.74) is 0. The minimum Gasteiger partial charge on any atom is -1.00 e. The molecule has 0 aromatic heterocycles. The van der Waals surface area contributed by atoms with E-state index < -0.39 is 0 Å². The second kappa shape index (κ2) is 5.25. The summed E-state index contributed by atoms with van der Waals surface area (Å²) in [7, 11) is 2.07. The third kappa shape index (κ3) is 8.87. The fourth-order valence-corrected chi connectivity index (χ4v) is 0. The smallest absolute Gasteiger partial charge is 0.0799 e. The zero-order valence-electron chi connectivity index (χ0n) is 4.53. The fraction of sp³-hybridized carbons (Fsp3) is 1.00. The zero-order valence-corrected chi connectivity index (χ0v) is 5.29. The van der Waals surface area contributed by atoms with Crippen LogP contribution in [-0.4, -0.2) is 13.1 Å². The van der Waals surface area contributed by atoms with Crippen LogP contribution in [-0.2, 0) is 0 Å². The lowest BCUT2D eigenvalue weighted by atomic mass is 10.4. The third-order valence-corrected chi connectivity index (χ3v) is 0.667. The molecular weight excluding hydrogens is 97.5 g/mol. The maximum Gasteiger partial charge on any atom is 0.0799 e. The van der Waals surface area contributed by atoms with Crippen LogP contribution in [0.5, 0.6) is 0 Å². The van der Waals surface area contributed by atoms with Crippen molar-refractivity contribution in [1.29, 1.82) is 0 Å². The highest BCUT2D eigenvalue weighted by Gasteiger charge is 1.81. The largest absolute Gasteiger partial charge is 1.00 e. The van der Waals surface area contributed by atoms with Gasteiger partial charge in [-0.05, 0) is 13.8 Å². The van der Waals surface area contributed by atoms with Crippen molar-refractivity contribution < 1.29 is 17.7 Å². The molecule has 0 rings (SSSR count). The van der Waals surface area contributed by atoms with Gasteiger partial charge in [-0.15, -0.1) is 0 Å². The number of rotatable bonds is 1. The molecule has 0 aromatic carbocycles. The van der Waals surface area contributed by atoms with Crippen LogP contribution < -0.4 is 17.7 Å². The highest BCUT2D eigenvalue weighted by molar-refractivity contribution is 4.20. The molecule has 2 N–H and O–H groups in total. The topological polar surface area (TPSA) is 16.6 Å². The van der Waals surface area contributed by atoms with Gasteiger partial charge in [-0.3, -0.25) is 0 Å². The minimum absolute atomic E-state index is 0. The Bertz CT molecular complexity index is 21.5. The molecule has 0 atom stereocenters. The molecule has 0 saturated heterocycles. The number of quaternary nitrogens is 1. The Labute approximate surface area is 45.5 Å². The van der Waals surface area contributed by atoms with E-state index >= 15 is 0 Å². The molecule has 6 heavy (non-hydrogen) atoms. The number of hydrogen-bond donors (Lipinski definition) is 1. The van der Waals surface area contributed by atoms with Gasteiger partial charge in [0.05, 0.1) is 13.1 Å². The second-order valence-electron chi connectivity index (χ2n) is 1.58. The summed E-state index contributed by atoms with van der Waals surface area (Å²) < 4.78 is 0. The number of nitrogens with two attached hydrogens (primary N) is 1. The Balaban J connectivity index is 0. The summed E-state index contributed by atoms with van der Waals surface area (Å²) >= 11 is 0. The van der Waals surface area contributed by atoms with E-state index in [-0.39, 0.29) is 12.4 Å². The maximum atomic E-state index is 2.17. The van der Waals surface area contributed by atoms with Crippen LogP contribution in [0.2, 0.25) is 0 Å². The lowest BCUT2D eigenvalue weighted by molar-refractivity contribution is -0.656. The first kappa shape index (κ1) is 9.54. The average molecular weight is 110 g/mol. The molecule has 0 radical (unpaired) electrons. The molecular formula is C4H12ClN. The van der Waals surface area contributed by atoms with E-state index in [0.717, 1.165) is 6.04 Å². The lowest BCUT2D eigenvalue weighted by Gasteiger charge is -1.91. The molecule has 0 bridgehead atoms. The summed E-state index contributed by atoms with van der Waals surface area (Å²) in [6.45, 7) is 4.33. The van der Waals surface area contributed by atoms with Crippen LogP contribution in [0.1, 0.15) is 13.8 Å². The molecule has 0 amide bonds. The lowest BCUT2D eigenvalue weighted by Crippen LogP contribution is -3.00. The van der Waals surface area contributed by atoms with Crippen molar-refractivity contribution in [3.05, 3.63) is 0 Å². The molecule has 40 valence electrons. The molecule has 0 fully saturated rings. The van der Waals surface area contributed by atoms with Crippen LogP contribution >= 0.6 is 0 Å². The monoisotopic (exact) mass is 109 g/mol. The molecule has 1 nitrogen and oxygen atoms in total. The summed E-state index contributed by atoms with van der Waals surface area (Å²) in [6.07, 6.45) is 0. The van der Waals surface area contributed by atoms with E-state index in [1.165, 1.54) is 0 Å². The normalized spacial score (nSPS) is 8.00. The summed E-state index contributed by atoms with van der Waals surface area (Å²) in [5, 5.41) is 2.17. The first-order valence-corrected chi connectivity index (χ1v) is 2.07. The molecule has 0 spiro atoms. The van der Waals surface area contributed by atoms with Crippen molar-refractivity contribution in [2.24, 2.45) is 0 Å². The van der Waals surface area contributed by atoms with E-state index in [1.54, 1.807) is 0 Å². The van der Waals surface area contributed by atoms with Crippen molar-refractivity contribution in [1.82, 2.24) is 0 Å². The van der Waals surface area contributed by atoms with E-state index in [2.05, 4.69) is 26.2 Å². The predicted octanol–water partition coefficient (Wildman–Crippen LogP) is -3.41. The standard InChI is InChI=1S/C4H11N.ClH/c1-4(2)5-3;/h4-5H,1-3H3;1H. The average Bonchev–Trinajstić information content (AvgIpc) is 1.38. The SMILES string of the molecule is C[NH2+]C(C)C.[Cl-]. The van der Waals surface area contributed by atoms with Crippen LogP contribution in [0.4, 0.5) is 0 Å². The third-order valence-electron chi connectivity index (χ3n) is 0.667. The van der Waals surface area contributed by atoms with Crippen LogP contribution in [0, 0.1) is 0 Å². The highest BCUT2D eigenvalue weighted by atomic mass is 35.5. The first-order chi connectivity index (χ1) is 2.27. The van der Waals surface area contributed by atoms with Gasteiger partial charge in [-0.1, -0.05) is 0 Å². The number of hydrogen-bond acceptors (Lipinski definition) is 0. The van der Waals surface area contributed by atoms with Gasteiger partial charge in [0.1, 0.15) is 0 Å². The minimum atomic E-state index is 0. The number of halogens is 1. The summed E-state index contributed by atoms with van der Waals surface area (Å²) in [6, 6.07) is 0.759. The van der Waals surface area contributed by atoms with Gasteiger partial charge in [-0.2, -0.15) is 0 Å². The fourth-order valence-electron chi connectivity index (χ4n) is 0. The second-order valence-corrected chi connectivity index (χ2v) is 1.58. The van der Waals surface area contributed by atoms with Gasteiger partial charge in [0.25, 0.3) is 0 Å². The van der Waals surface area contributed by atoms with Gasteiger partial charge >= 0.3 is 0 Å². The Hall–Kier alpha value is 0.250. The van der Waals surface area contributed by atoms with E-state index in [9.17, 15) is 0 Å². The molecule has 0 aromatic rings. The van der Waals surface area contributed by atoms with Crippen molar-refractivity contribution >= 4 is 0 Å². The van der Waals surface area contributed by atoms with Gasteiger partial charge < -0.3 is 17.7 Å². The maximum absolute atomic E-state index is 2.17. The van der Waals surface area contributed by atoms with Crippen LogP contribution in [0.25, 0.3) is 0 Å². The van der Waals surface area contributed by atoms with Crippen LogP contribution in [0.3, 0.4) is 0 Å². The summed E-state index contributed by atoms with van der Waals surface area (Å²) in [5.74, 6) is 0. The molecule has 0 aliphatic carbocycles. The van der Waals surface area contributed by atoms with Crippen molar-refractivity contribution in [3.8, 4) is 0 Å². The Kier molecular flexibility index (Phi) is 8.35. The molecule has 0 aliphatic heterocycles. The van der Waals surface area contributed by atoms with Gasteiger partial charge in [0, 0.05) is 0 Å². The molecule has 0 saturated carbocycles. The highest BCUT2D eigenvalue weighted by Crippen LogP contribution is 1.56. The van der Waals surface area contributed by atoms with E-state index in [0.29, 0.717) is 0 Å². The quantitative estimate of drug-likeness (QED) is 0.362. The van der Waals surface area contributed by atoms with Gasteiger partial charge in [0.15, 0.2) is 0 Å². The van der Waals surface area contributed by atoms with Crippen LogP contribution in [0.15, 0.2) is 0 Å². The molecule has 2 heteroatoms. The van der Waals surface area contributed by atoms with Crippen molar-refractivity contribution in [2.45, 2.75) is 19.9 Å². The van der Waals surface area contributed by atoms with E-state index in [1.807, 2.05) is 0 Å². The molecule has 0 aliphatic rings. The van der Waals surface area contributed by atoms with E-state index in [4.69, 9.17) is 0 Å². The predicted molar refractivity (Wildman–Crippen MR) is 23.0 cm³/mol. The van der Waals surface area contributed by atoms with Crippen molar-refractivity contribution in [2.75, 3.05) is 7.05 Å². The zero-order chi connectivity index (χ0) is 4.28. The first-order valence-electron chi connectivity index (χ1n) is 2.07. The summed E-state index contributed by atoms with van der Waals surface area (Å²) in [4.78, 5) is 0. The Morgan fingerprint density at radius 3 is 1.50 bits per heavy atom. The van der Waals surface area contributed by atoms with Crippen molar-refractivity contribution in [3.63, 3.8) is 0 Å². The Morgan fingerprint density at radius 1 is 1.33 bits per heavy atom. The van der Waals surface area contributed by atoms with Gasteiger partial charge in [0.2, 0.25) is 0 Å². The molecule has 0 unspecified atom stereocenters. The van der Waals surface area contributed by atoms with Gasteiger partial charge in [-0.25, -0.2) is 0 Å². The molecule has 0 heterocycles.